The van der Waals surface area contributed by atoms with Gasteiger partial charge in [-0.3, -0.25) is 9.36 Å². The summed E-state index contributed by atoms with van der Waals surface area (Å²) in [6, 6.07) is 0. The fraction of sp³-hybridized carbons (Fsp3) is 0.750. The van der Waals surface area contributed by atoms with Crippen LogP contribution in [0.3, 0.4) is 0 Å². The van der Waals surface area contributed by atoms with Gasteiger partial charge in [-0.2, -0.15) is 0 Å². The fourth-order valence-electron chi connectivity index (χ4n) is 0.372. The zero-order valence-electron chi connectivity index (χ0n) is 5.39. The molecule has 0 heterocycles. The first-order valence-electron chi connectivity index (χ1n) is 2.61. The lowest BCUT2D eigenvalue weighted by atomic mass is 10.3. The van der Waals surface area contributed by atoms with Crippen LogP contribution in [0, 0.1) is 0 Å². The van der Waals surface area contributed by atoms with E-state index in [1.807, 2.05) is 0 Å². The van der Waals surface area contributed by atoms with Crippen LogP contribution in [0.1, 0.15) is 13.3 Å². The summed E-state index contributed by atoms with van der Waals surface area (Å²) >= 11 is 0. The second-order valence-electron chi connectivity index (χ2n) is 2.04. The maximum Gasteiger partial charge on any atom is 0.328 e. The molecule has 0 aromatic heterocycles. The molecular formula is C4H9O5P. The lowest BCUT2D eigenvalue weighted by Crippen LogP contribution is -2.09. The molecule has 10 heavy (non-hydrogen) atoms. The molecule has 0 aliphatic carbocycles. The maximum atomic E-state index is 10.3. The second kappa shape index (κ2) is 3.14. The zero-order chi connectivity index (χ0) is 8.36. The number of hydrogen-bond donors (Lipinski definition) is 3. The molecule has 0 aliphatic heterocycles. The topological polar surface area (TPSA) is 94.8 Å². The SMILES string of the molecule is CC(CC(=O)O)P(=O)(O)O. The summed E-state index contributed by atoms with van der Waals surface area (Å²) in [6.07, 6.45) is -0.496. The summed E-state index contributed by atoms with van der Waals surface area (Å²) < 4.78 is 10.3. The van der Waals surface area contributed by atoms with Crippen LogP contribution in [-0.4, -0.2) is 26.5 Å². The van der Waals surface area contributed by atoms with Crippen molar-refractivity contribution >= 4 is 13.6 Å². The van der Waals surface area contributed by atoms with E-state index in [1.165, 1.54) is 6.92 Å². The number of carboxylic acid groups (broad SMARTS) is 1. The Balaban J connectivity index is 3.98. The predicted molar refractivity (Wildman–Crippen MR) is 33.8 cm³/mol. The van der Waals surface area contributed by atoms with Crippen LogP contribution in [0.25, 0.3) is 0 Å². The number of carboxylic acids is 1. The van der Waals surface area contributed by atoms with Crippen molar-refractivity contribution in [3.05, 3.63) is 0 Å². The maximum absolute atomic E-state index is 10.3. The first-order valence-corrected chi connectivity index (χ1v) is 4.29. The highest BCUT2D eigenvalue weighted by atomic mass is 31.2. The second-order valence-corrected chi connectivity index (χ2v) is 4.10. The standard InChI is InChI=1S/C4H9O5P/c1-3(2-4(5)6)10(7,8)9/h3H,2H2,1H3,(H,5,6)(H2,7,8,9). The third-order valence-electron chi connectivity index (χ3n) is 1.04. The van der Waals surface area contributed by atoms with Crippen molar-refractivity contribution < 1.29 is 24.3 Å². The van der Waals surface area contributed by atoms with Crippen LogP contribution < -0.4 is 0 Å². The molecular weight excluding hydrogens is 159 g/mol. The van der Waals surface area contributed by atoms with Gasteiger partial charge in [0.05, 0.1) is 12.1 Å². The fourth-order valence-corrected chi connectivity index (χ4v) is 0.766. The van der Waals surface area contributed by atoms with E-state index in [1.54, 1.807) is 0 Å². The quantitative estimate of drug-likeness (QED) is 0.516. The third kappa shape index (κ3) is 3.61. The van der Waals surface area contributed by atoms with Gasteiger partial charge in [0.2, 0.25) is 0 Å². The van der Waals surface area contributed by atoms with E-state index >= 15 is 0 Å². The Kier molecular flexibility index (Phi) is 3.02. The van der Waals surface area contributed by atoms with Gasteiger partial charge in [-0.1, -0.05) is 6.92 Å². The summed E-state index contributed by atoms with van der Waals surface area (Å²) in [4.78, 5) is 26.7. The van der Waals surface area contributed by atoms with Crippen LogP contribution in [-0.2, 0) is 9.36 Å². The van der Waals surface area contributed by atoms with Gasteiger partial charge in [0.25, 0.3) is 0 Å². The molecule has 0 saturated heterocycles. The smallest absolute Gasteiger partial charge is 0.328 e. The number of hydrogen-bond acceptors (Lipinski definition) is 2. The molecule has 0 radical (unpaired) electrons. The van der Waals surface area contributed by atoms with E-state index < -0.39 is 25.6 Å². The van der Waals surface area contributed by atoms with Crippen LogP contribution in [0.15, 0.2) is 0 Å². The van der Waals surface area contributed by atoms with E-state index in [9.17, 15) is 9.36 Å². The van der Waals surface area contributed by atoms with E-state index in [2.05, 4.69) is 0 Å². The average Bonchev–Trinajstić information content (AvgIpc) is 1.60. The molecule has 6 heteroatoms. The normalized spacial score (nSPS) is 14.7. The minimum atomic E-state index is -4.19. The first-order chi connectivity index (χ1) is 4.34. The molecule has 1 unspecified atom stereocenters. The Morgan fingerprint density at radius 3 is 2.10 bits per heavy atom. The molecule has 0 bridgehead atoms. The van der Waals surface area contributed by atoms with Crippen molar-refractivity contribution in [1.29, 1.82) is 0 Å². The Hall–Kier alpha value is -0.380. The summed E-state index contributed by atoms with van der Waals surface area (Å²) in [5, 5.41) is 8.10. The third-order valence-corrected chi connectivity index (χ3v) is 2.38. The van der Waals surface area contributed by atoms with Gasteiger partial charge in [-0.05, 0) is 0 Å². The van der Waals surface area contributed by atoms with Crippen LogP contribution in [0.4, 0.5) is 0 Å². The van der Waals surface area contributed by atoms with Gasteiger partial charge in [-0.15, -0.1) is 0 Å². The molecule has 3 N–H and O–H groups in total. The van der Waals surface area contributed by atoms with Gasteiger partial charge in [0.15, 0.2) is 0 Å². The Morgan fingerprint density at radius 2 is 2.00 bits per heavy atom. The minimum absolute atomic E-state index is 0.496. The molecule has 0 fully saturated rings. The lowest BCUT2D eigenvalue weighted by molar-refractivity contribution is -0.137. The highest BCUT2D eigenvalue weighted by molar-refractivity contribution is 7.52. The van der Waals surface area contributed by atoms with Gasteiger partial charge in [0, 0.05) is 0 Å². The summed E-state index contributed by atoms with van der Waals surface area (Å²) in [6.45, 7) is 1.20. The van der Waals surface area contributed by atoms with E-state index in [4.69, 9.17) is 14.9 Å². The average molecular weight is 168 g/mol. The van der Waals surface area contributed by atoms with Crippen molar-refractivity contribution in [3.8, 4) is 0 Å². The van der Waals surface area contributed by atoms with Crippen LogP contribution in [0.5, 0.6) is 0 Å². The van der Waals surface area contributed by atoms with Gasteiger partial charge in [0.1, 0.15) is 0 Å². The highest BCUT2D eigenvalue weighted by Gasteiger charge is 2.25. The molecule has 0 amide bonds. The molecule has 0 saturated carbocycles. The predicted octanol–water partition coefficient (Wildman–Crippen LogP) is 0.0273. The summed E-state index contributed by atoms with van der Waals surface area (Å²) in [7, 11) is -4.19. The molecule has 0 rings (SSSR count). The summed E-state index contributed by atoms with van der Waals surface area (Å²) in [5.41, 5.74) is -1.09. The number of aliphatic carboxylic acids is 1. The van der Waals surface area contributed by atoms with Crippen molar-refractivity contribution in [2.75, 3.05) is 0 Å². The van der Waals surface area contributed by atoms with Crippen molar-refractivity contribution in [1.82, 2.24) is 0 Å². The zero-order valence-corrected chi connectivity index (χ0v) is 6.28. The largest absolute Gasteiger partial charge is 0.481 e. The van der Waals surface area contributed by atoms with Crippen LogP contribution in [0.2, 0.25) is 0 Å². The van der Waals surface area contributed by atoms with Crippen molar-refractivity contribution in [2.24, 2.45) is 0 Å². The lowest BCUT2D eigenvalue weighted by Gasteiger charge is -2.09. The molecule has 0 spiro atoms. The van der Waals surface area contributed by atoms with E-state index in [0.717, 1.165) is 0 Å². The molecule has 0 aliphatic rings. The van der Waals surface area contributed by atoms with E-state index in [-0.39, 0.29) is 0 Å². The Labute approximate surface area is 57.8 Å². The monoisotopic (exact) mass is 168 g/mol. The van der Waals surface area contributed by atoms with E-state index in [0.29, 0.717) is 0 Å². The van der Waals surface area contributed by atoms with Crippen LogP contribution >= 0.6 is 7.60 Å². The molecule has 60 valence electrons. The van der Waals surface area contributed by atoms with Crippen molar-refractivity contribution in [2.45, 2.75) is 19.0 Å². The highest BCUT2D eigenvalue weighted by Crippen LogP contribution is 2.42. The van der Waals surface area contributed by atoms with Crippen molar-refractivity contribution in [3.63, 3.8) is 0 Å². The van der Waals surface area contributed by atoms with Gasteiger partial charge in [-0.25, -0.2) is 0 Å². The molecule has 0 aromatic carbocycles. The Bertz CT molecular complexity index is 170. The number of rotatable bonds is 3. The van der Waals surface area contributed by atoms with Gasteiger partial charge < -0.3 is 14.9 Å². The first kappa shape index (κ1) is 9.62. The molecule has 5 nitrogen and oxygen atoms in total. The molecule has 1 atom stereocenters. The Morgan fingerprint density at radius 1 is 1.60 bits per heavy atom. The number of carbonyl (C=O) groups is 1. The summed E-state index contributed by atoms with van der Waals surface area (Å²) in [5.74, 6) is -1.20. The van der Waals surface area contributed by atoms with Gasteiger partial charge >= 0.3 is 13.6 Å². The molecule has 0 aromatic rings. The minimum Gasteiger partial charge on any atom is -0.481 e.